The Labute approximate surface area is 106 Å². The zero-order valence-electron chi connectivity index (χ0n) is 10.9. The van der Waals surface area contributed by atoms with Gasteiger partial charge in [0.15, 0.2) is 0 Å². The Balaban J connectivity index is 2.52. The van der Waals surface area contributed by atoms with Crippen LogP contribution in [0.2, 0.25) is 0 Å². The van der Waals surface area contributed by atoms with Crippen LogP contribution in [0.15, 0.2) is 0 Å². The first-order chi connectivity index (χ1) is 8.08. The molecule has 1 atom stereocenters. The molecule has 0 saturated heterocycles. The van der Waals surface area contributed by atoms with Crippen LogP contribution in [0.3, 0.4) is 0 Å². The number of amides is 1. The third kappa shape index (κ3) is 4.09. The maximum Gasteiger partial charge on any atom is 0.249 e. The first-order valence-corrected chi connectivity index (χ1v) is 6.74. The van der Waals surface area contributed by atoms with Gasteiger partial charge >= 0.3 is 0 Å². The number of hydrogen-bond acceptors (Lipinski definition) is 4. The van der Waals surface area contributed by atoms with Crippen molar-refractivity contribution in [2.75, 3.05) is 6.61 Å². The van der Waals surface area contributed by atoms with Crippen LogP contribution in [-0.2, 0) is 22.5 Å². The van der Waals surface area contributed by atoms with E-state index in [1.165, 1.54) is 0 Å². The number of carbonyl (C=O) groups is 1. The summed E-state index contributed by atoms with van der Waals surface area (Å²) in [5, 5.41) is 3.92. The summed E-state index contributed by atoms with van der Waals surface area (Å²) in [6.07, 6.45) is 0.510. The molecule has 0 saturated carbocycles. The molecule has 0 bridgehead atoms. The molecule has 0 radical (unpaired) electrons. The SMILES string of the molecule is CCO[C@@H](C)C(=O)NCc1sc(C)nc1CC. The van der Waals surface area contributed by atoms with Gasteiger partial charge in [-0.15, -0.1) is 11.3 Å². The van der Waals surface area contributed by atoms with Crippen LogP contribution in [-0.4, -0.2) is 23.6 Å². The molecule has 96 valence electrons. The van der Waals surface area contributed by atoms with Gasteiger partial charge in [-0.05, 0) is 27.2 Å². The number of nitrogens with one attached hydrogen (secondary N) is 1. The van der Waals surface area contributed by atoms with Crippen LogP contribution in [0.25, 0.3) is 0 Å². The number of nitrogens with zero attached hydrogens (tertiary/aromatic N) is 1. The van der Waals surface area contributed by atoms with Gasteiger partial charge < -0.3 is 10.1 Å². The zero-order valence-corrected chi connectivity index (χ0v) is 11.7. The average molecular weight is 256 g/mol. The molecular formula is C12H20N2O2S. The summed E-state index contributed by atoms with van der Waals surface area (Å²) in [4.78, 5) is 17.2. The summed E-state index contributed by atoms with van der Waals surface area (Å²) in [7, 11) is 0. The first kappa shape index (κ1) is 14.1. The van der Waals surface area contributed by atoms with Crippen molar-refractivity contribution in [2.45, 2.75) is 46.8 Å². The third-order valence-corrected chi connectivity index (χ3v) is 3.44. The molecule has 0 unspecified atom stereocenters. The Morgan fingerprint density at radius 1 is 1.53 bits per heavy atom. The number of ether oxygens (including phenoxy) is 1. The Morgan fingerprint density at radius 3 is 2.82 bits per heavy atom. The van der Waals surface area contributed by atoms with Gasteiger partial charge in [-0.1, -0.05) is 6.92 Å². The van der Waals surface area contributed by atoms with E-state index in [9.17, 15) is 4.79 Å². The van der Waals surface area contributed by atoms with E-state index in [1.807, 2.05) is 13.8 Å². The summed E-state index contributed by atoms with van der Waals surface area (Å²) >= 11 is 1.64. The maximum absolute atomic E-state index is 11.7. The molecule has 1 rings (SSSR count). The van der Waals surface area contributed by atoms with Gasteiger partial charge in [0.1, 0.15) is 6.10 Å². The lowest BCUT2D eigenvalue weighted by Gasteiger charge is -2.11. The Morgan fingerprint density at radius 2 is 2.24 bits per heavy atom. The second kappa shape index (κ2) is 6.71. The molecular weight excluding hydrogens is 236 g/mol. The van der Waals surface area contributed by atoms with Crippen molar-refractivity contribution in [1.29, 1.82) is 0 Å². The van der Waals surface area contributed by atoms with Gasteiger partial charge in [0.2, 0.25) is 5.91 Å². The summed E-state index contributed by atoms with van der Waals surface area (Å²) < 4.78 is 5.23. The largest absolute Gasteiger partial charge is 0.369 e. The number of thiazole rings is 1. The van der Waals surface area contributed by atoms with E-state index in [2.05, 4.69) is 17.2 Å². The van der Waals surface area contributed by atoms with E-state index in [-0.39, 0.29) is 12.0 Å². The van der Waals surface area contributed by atoms with Crippen LogP contribution in [0.5, 0.6) is 0 Å². The van der Waals surface area contributed by atoms with Crippen molar-refractivity contribution in [3.05, 3.63) is 15.6 Å². The third-order valence-electron chi connectivity index (χ3n) is 2.43. The normalized spacial score (nSPS) is 12.5. The number of hydrogen-bond donors (Lipinski definition) is 1. The maximum atomic E-state index is 11.7. The van der Waals surface area contributed by atoms with Crippen molar-refractivity contribution >= 4 is 17.2 Å². The highest BCUT2D eigenvalue weighted by Gasteiger charge is 2.14. The highest BCUT2D eigenvalue weighted by molar-refractivity contribution is 7.11. The van der Waals surface area contributed by atoms with Gasteiger partial charge in [0, 0.05) is 11.5 Å². The molecule has 5 heteroatoms. The summed E-state index contributed by atoms with van der Waals surface area (Å²) in [6, 6.07) is 0. The van der Waals surface area contributed by atoms with Crippen molar-refractivity contribution in [3.8, 4) is 0 Å². The highest BCUT2D eigenvalue weighted by Crippen LogP contribution is 2.18. The minimum Gasteiger partial charge on any atom is -0.369 e. The molecule has 1 aromatic heterocycles. The molecule has 0 aromatic carbocycles. The lowest BCUT2D eigenvalue weighted by molar-refractivity contribution is -0.131. The van der Waals surface area contributed by atoms with Gasteiger partial charge in [0.25, 0.3) is 0 Å². The summed E-state index contributed by atoms with van der Waals surface area (Å²) in [6.45, 7) is 8.79. The molecule has 0 aliphatic rings. The number of carbonyl (C=O) groups excluding carboxylic acids is 1. The average Bonchev–Trinajstić information content (AvgIpc) is 2.66. The van der Waals surface area contributed by atoms with Crippen LogP contribution in [0.4, 0.5) is 0 Å². The first-order valence-electron chi connectivity index (χ1n) is 5.92. The molecule has 17 heavy (non-hydrogen) atoms. The lowest BCUT2D eigenvalue weighted by atomic mass is 10.3. The van der Waals surface area contributed by atoms with Crippen molar-refractivity contribution in [2.24, 2.45) is 0 Å². The smallest absolute Gasteiger partial charge is 0.249 e. The van der Waals surface area contributed by atoms with E-state index in [0.717, 1.165) is 22.0 Å². The Bertz CT molecular complexity index is 377. The van der Waals surface area contributed by atoms with Crippen LogP contribution < -0.4 is 5.32 Å². The molecule has 1 amide bonds. The monoisotopic (exact) mass is 256 g/mol. The fourth-order valence-electron chi connectivity index (χ4n) is 1.56. The molecule has 1 aromatic rings. The zero-order chi connectivity index (χ0) is 12.8. The molecule has 0 spiro atoms. The van der Waals surface area contributed by atoms with Gasteiger partial charge in [-0.25, -0.2) is 4.98 Å². The van der Waals surface area contributed by atoms with Crippen molar-refractivity contribution in [1.82, 2.24) is 10.3 Å². The highest BCUT2D eigenvalue weighted by atomic mass is 32.1. The predicted octanol–water partition coefficient (Wildman–Crippen LogP) is 2.06. The van der Waals surface area contributed by atoms with Crippen molar-refractivity contribution < 1.29 is 9.53 Å². The summed E-state index contributed by atoms with van der Waals surface area (Å²) in [5.74, 6) is -0.0695. The second-order valence-electron chi connectivity index (χ2n) is 3.77. The fourth-order valence-corrected chi connectivity index (χ4v) is 2.53. The lowest BCUT2D eigenvalue weighted by Crippen LogP contribution is -2.34. The molecule has 0 aliphatic carbocycles. The molecule has 0 fully saturated rings. The van der Waals surface area contributed by atoms with Gasteiger partial charge in [0.05, 0.1) is 17.2 Å². The molecule has 1 N–H and O–H groups in total. The molecule has 4 nitrogen and oxygen atoms in total. The number of aromatic nitrogens is 1. The van der Waals surface area contributed by atoms with E-state index < -0.39 is 0 Å². The van der Waals surface area contributed by atoms with E-state index in [4.69, 9.17) is 4.74 Å². The molecule has 0 aliphatic heterocycles. The minimum absolute atomic E-state index is 0.0695. The van der Waals surface area contributed by atoms with E-state index in [1.54, 1.807) is 18.3 Å². The number of aryl methyl sites for hydroxylation is 2. The predicted molar refractivity (Wildman–Crippen MR) is 69.2 cm³/mol. The van der Waals surface area contributed by atoms with Gasteiger partial charge in [-0.2, -0.15) is 0 Å². The Kier molecular flexibility index (Phi) is 5.58. The van der Waals surface area contributed by atoms with Crippen molar-refractivity contribution in [3.63, 3.8) is 0 Å². The minimum atomic E-state index is -0.390. The molecule has 1 heterocycles. The Hall–Kier alpha value is -0.940. The summed E-state index contributed by atoms with van der Waals surface area (Å²) in [5.41, 5.74) is 1.08. The van der Waals surface area contributed by atoms with E-state index in [0.29, 0.717) is 13.2 Å². The van der Waals surface area contributed by atoms with Gasteiger partial charge in [-0.3, -0.25) is 4.79 Å². The van der Waals surface area contributed by atoms with Crippen LogP contribution >= 0.6 is 11.3 Å². The topological polar surface area (TPSA) is 51.2 Å². The standard InChI is InChI=1S/C12H20N2O2S/c1-5-10-11(17-9(4)14-10)7-13-12(15)8(3)16-6-2/h8H,5-7H2,1-4H3,(H,13,15)/t8-/m0/s1. The second-order valence-corrected chi connectivity index (χ2v) is 5.06. The number of rotatable bonds is 6. The fraction of sp³-hybridized carbons (Fsp3) is 0.667. The quantitative estimate of drug-likeness (QED) is 0.847. The van der Waals surface area contributed by atoms with Crippen LogP contribution in [0.1, 0.15) is 36.3 Å². The van der Waals surface area contributed by atoms with E-state index >= 15 is 0 Å². The van der Waals surface area contributed by atoms with Crippen LogP contribution in [0, 0.1) is 6.92 Å².